The van der Waals surface area contributed by atoms with Gasteiger partial charge in [-0.1, -0.05) is 31.9 Å². The maximum absolute atomic E-state index is 13.0. The van der Waals surface area contributed by atoms with Crippen LogP contribution in [0.3, 0.4) is 0 Å². The number of aromatic nitrogens is 1. The van der Waals surface area contributed by atoms with Gasteiger partial charge in [0.15, 0.2) is 0 Å². The number of methoxy groups -OCH3 is 1. The van der Waals surface area contributed by atoms with Crippen LogP contribution in [0.2, 0.25) is 0 Å². The Morgan fingerprint density at radius 3 is 2.67 bits per heavy atom. The molecule has 6 rings (SSSR count). The molecule has 3 aliphatic carbocycles. The van der Waals surface area contributed by atoms with E-state index in [1.807, 2.05) is 11.0 Å². The minimum absolute atomic E-state index is 0.0271. The monoisotopic (exact) mass is 444 g/mol. The van der Waals surface area contributed by atoms with Gasteiger partial charge in [-0.15, -0.1) is 6.42 Å². The van der Waals surface area contributed by atoms with Crippen LogP contribution in [0.5, 0.6) is 5.75 Å². The number of hydrogen-bond donors (Lipinski definition) is 2. The maximum atomic E-state index is 13.0. The molecule has 2 heterocycles. The topological polar surface area (TPSA) is 80.5 Å². The molecule has 3 fully saturated rings. The van der Waals surface area contributed by atoms with Gasteiger partial charge in [-0.05, 0) is 67.4 Å². The van der Waals surface area contributed by atoms with Crippen molar-refractivity contribution in [3.8, 4) is 18.1 Å². The molecule has 33 heavy (non-hydrogen) atoms. The second-order valence-electron chi connectivity index (χ2n) is 10.1. The average molecular weight is 445 g/mol. The summed E-state index contributed by atoms with van der Waals surface area (Å²) in [6.07, 6.45) is 14.2. The van der Waals surface area contributed by atoms with E-state index >= 15 is 0 Å². The number of amides is 1. The molecule has 4 aliphatic rings. The maximum Gasteiger partial charge on any atom is 0.299 e. The number of terminal acetylenes is 1. The van der Waals surface area contributed by atoms with Crippen LogP contribution in [-0.4, -0.2) is 40.0 Å². The molecule has 1 aromatic heterocycles. The van der Waals surface area contributed by atoms with Crippen molar-refractivity contribution >= 4 is 11.6 Å². The van der Waals surface area contributed by atoms with Gasteiger partial charge < -0.3 is 20.7 Å². The lowest BCUT2D eigenvalue weighted by molar-refractivity contribution is -0.130. The van der Waals surface area contributed by atoms with E-state index in [9.17, 15) is 4.79 Å². The number of nitrogens with zero attached hydrogens (tertiary/aromatic N) is 2. The molecule has 2 bridgehead atoms. The third-order valence-electron chi connectivity index (χ3n) is 7.55. The Balaban J connectivity index is 1.49. The lowest BCUT2D eigenvalue weighted by atomic mass is 9.44. The van der Waals surface area contributed by atoms with Crippen LogP contribution >= 0.6 is 0 Å². The van der Waals surface area contributed by atoms with Crippen molar-refractivity contribution in [3.63, 3.8) is 0 Å². The predicted octanol–water partition coefficient (Wildman–Crippen LogP) is 3.80. The van der Waals surface area contributed by atoms with Gasteiger partial charge in [0.05, 0.1) is 19.0 Å². The van der Waals surface area contributed by atoms with Gasteiger partial charge >= 0.3 is 0 Å². The van der Waals surface area contributed by atoms with Crippen LogP contribution in [0.15, 0.2) is 36.5 Å². The van der Waals surface area contributed by atoms with Gasteiger partial charge in [-0.2, -0.15) is 0 Å². The van der Waals surface area contributed by atoms with Gasteiger partial charge in [-0.3, -0.25) is 9.78 Å². The lowest BCUT2D eigenvalue weighted by Crippen LogP contribution is -2.79. The van der Waals surface area contributed by atoms with Gasteiger partial charge in [0.2, 0.25) is 0 Å². The summed E-state index contributed by atoms with van der Waals surface area (Å²) in [7, 11) is 1.65. The Hall–Kier alpha value is -3.04. The Kier molecular flexibility index (Phi) is 5.33. The number of unbranched alkanes of at least 4 members (excludes halogenated alkanes) is 1. The molecule has 0 unspecified atom stereocenters. The van der Waals surface area contributed by atoms with Crippen molar-refractivity contribution in [3.05, 3.63) is 53.3 Å². The summed E-state index contributed by atoms with van der Waals surface area (Å²) in [5, 5.41) is 3.67. The summed E-state index contributed by atoms with van der Waals surface area (Å²) < 4.78 is 5.43. The molecule has 6 nitrogen and oxygen atoms in total. The van der Waals surface area contributed by atoms with E-state index in [1.54, 1.807) is 13.3 Å². The van der Waals surface area contributed by atoms with Crippen LogP contribution in [-0.2, 0) is 11.2 Å². The smallest absolute Gasteiger partial charge is 0.299 e. The number of pyridine rings is 1. The van der Waals surface area contributed by atoms with Gasteiger partial charge in [0.1, 0.15) is 11.8 Å². The normalized spacial score (nSPS) is 29.2. The molecular weight excluding hydrogens is 412 g/mol. The Bertz CT molecular complexity index is 1080. The summed E-state index contributed by atoms with van der Waals surface area (Å²) in [6.45, 7) is 2.16. The fourth-order valence-corrected chi connectivity index (χ4v) is 6.13. The van der Waals surface area contributed by atoms with Gasteiger partial charge in [0.25, 0.3) is 5.91 Å². The third-order valence-corrected chi connectivity index (χ3v) is 7.55. The molecule has 0 radical (unpaired) electrons. The number of nitrogens with one attached hydrogen (secondary N) is 1. The molecule has 1 aliphatic heterocycles. The SMILES string of the molecule is C#CC(=O)N1[C@@H](CCCC)Cc2cc(OC)cnc2[C@@H]1c1ccc(NC23CC(N)(C2)C3)cc1. The zero-order valence-corrected chi connectivity index (χ0v) is 19.4. The van der Waals surface area contributed by atoms with Crippen LogP contribution in [0.4, 0.5) is 5.69 Å². The van der Waals surface area contributed by atoms with E-state index in [4.69, 9.17) is 21.9 Å². The summed E-state index contributed by atoms with van der Waals surface area (Å²) in [6, 6.07) is 10.1. The fraction of sp³-hybridized carbons (Fsp3) is 0.481. The van der Waals surface area contributed by atoms with Crippen LogP contribution < -0.4 is 15.8 Å². The van der Waals surface area contributed by atoms with Crippen molar-refractivity contribution in [1.29, 1.82) is 0 Å². The molecule has 172 valence electrons. The summed E-state index contributed by atoms with van der Waals surface area (Å²) in [5.74, 6) is 2.82. The van der Waals surface area contributed by atoms with Crippen molar-refractivity contribution < 1.29 is 9.53 Å². The standard InChI is InChI=1S/C27H32N4O2/c1-4-6-7-21-12-19-13-22(33-3)14-29-24(19)25(31(21)23(32)5-2)18-8-10-20(11-9-18)30-27-15-26(28,16-27)17-27/h2,8-11,13-14,21,25,30H,4,6-7,12,15-17,28H2,1,3H3/t21-,25-,26?,27?/m0/s1. The highest BCUT2D eigenvalue weighted by atomic mass is 16.5. The number of carbonyl (C=O) groups excluding carboxylic acids is 1. The van der Waals surface area contributed by atoms with Gasteiger partial charge in [0, 0.05) is 22.8 Å². The molecule has 6 heteroatoms. The van der Waals surface area contributed by atoms with Crippen molar-refractivity contribution in [2.45, 2.75) is 75.0 Å². The number of anilines is 1. The Morgan fingerprint density at radius 1 is 1.33 bits per heavy atom. The first-order valence-electron chi connectivity index (χ1n) is 11.9. The van der Waals surface area contributed by atoms with Crippen molar-refractivity contribution in [1.82, 2.24) is 9.88 Å². The number of rotatable bonds is 7. The largest absolute Gasteiger partial charge is 0.495 e. The molecule has 0 saturated heterocycles. The molecule has 1 amide bonds. The highest BCUT2D eigenvalue weighted by Gasteiger charge is 2.66. The third kappa shape index (κ3) is 3.75. The summed E-state index contributed by atoms with van der Waals surface area (Å²) >= 11 is 0. The second kappa shape index (κ2) is 8.07. The molecule has 0 spiro atoms. The molecule has 2 aromatic rings. The zero-order chi connectivity index (χ0) is 23.2. The molecule has 1 aromatic carbocycles. The number of nitrogens with two attached hydrogens (primary N) is 1. The Labute approximate surface area is 195 Å². The number of benzene rings is 1. The van der Waals surface area contributed by atoms with Crippen molar-refractivity contribution in [2.75, 3.05) is 12.4 Å². The van der Waals surface area contributed by atoms with E-state index in [0.29, 0.717) is 0 Å². The average Bonchev–Trinajstić information content (AvgIpc) is 2.79. The quantitative estimate of drug-likeness (QED) is 0.635. The highest BCUT2D eigenvalue weighted by molar-refractivity contribution is 5.94. The summed E-state index contributed by atoms with van der Waals surface area (Å²) in [4.78, 5) is 19.6. The zero-order valence-electron chi connectivity index (χ0n) is 19.4. The van der Waals surface area contributed by atoms with E-state index in [1.165, 1.54) is 0 Å². The van der Waals surface area contributed by atoms with E-state index in [-0.39, 0.29) is 29.1 Å². The fourth-order valence-electron chi connectivity index (χ4n) is 6.13. The first-order chi connectivity index (χ1) is 15.9. The number of fused-ring (bicyclic) bond motifs is 1. The first-order valence-corrected chi connectivity index (χ1v) is 11.9. The van der Waals surface area contributed by atoms with E-state index < -0.39 is 0 Å². The number of carbonyl (C=O) groups is 1. The number of hydrogen-bond acceptors (Lipinski definition) is 5. The first kappa shape index (κ1) is 21.8. The van der Waals surface area contributed by atoms with Crippen LogP contribution in [0.1, 0.15) is 68.3 Å². The Morgan fingerprint density at radius 2 is 2.06 bits per heavy atom. The predicted molar refractivity (Wildman–Crippen MR) is 129 cm³/mol. The minimum atomic E-state index is -0.318. The molecule has 3 N–H and O–H groups in total. The molecular formula is C27H32N4O2. The van der Waals surface area contributed by atoms with E-state index in [0.717, 1.165) is 73.2 Å². The molecule has 3 saturated carbocycles. The lowest BCUT2D eigenvalue weighted by Gasteiger charge is -2.69. The van der Waals surface area contributed by atoms with E-state index in [2.05, 4.69) is 42.4 Å². The highest BCUT2D eigenvalue weighted by Crippen LogP contribution is 2.60. The van der Waals surface area contributed by atoms with Crippen LogP contribution in [0, 0.1) is 12.3 Å². The van der Waals surface area contributed by atoms with Crippen LogP contribution in [0.25, 0.3) is 0 Å². The number of ether oxygens (including phenoxy) is 1. The summed E-state index contributed by atoms with van der Waals surface area (Å²) in [5.41, 5.74) is 10.5. The minimum Gasteiger partial charge on any atom is -0.495 e. The second-order valence-corrected chi connectivity index (χ2v) is 10.1. The van der Waals surface area contributed by atoms with Gasteiger partial charge in [-0.25, -0.2) is 0 Å². The van der Waals surface area contributed by atoms with Crippen molar-refractivity contribution in [2.24, 2.45) is 5.73 Å². The molecule has 2 atom stereocenters.